The molecule has 1 amide bonds. The van der Waals surface area contributed by atoms with Gasteiger partial charge in [0.2, 0.25) is 5.76 Å². The minimum Gasteiger partial charge on any atom is -0.447 e. The summed E-state index contributed by atoms with van der Waals surface area (Å²) in [5.74, 6) is -1.51. The molecule has 0 radical (unpaired) electrons. The molecule has 0 spiro atoms. The van der Waals surface area contributed by atoms with E-state index >= 15 is 0 Å². The number of nitrogens with zero attached hydrogens (tertiary/aromatic N) is 2. The van der Waals surface area contributed by atoms with Crippen LogP contribution in [-0.4, -0.2) is 22.6 Å². The first-order valence-electron chi connectivity index (χ1n) is 8.67. The van der Waals surface area contributed by atoms with Gasteiger partial charge in [0.25, 0.3) is 5.91 Å². The van der Waals surface area contributed by atoms with Crippen LogP contribution >= 0.6 is 0 Å². The molecule has 4 N–H and O–H groups in total. The summed E-state index contributed by atoms with van der Waals surface area (Å²) in [5, 5.41) is 19.8. The zero-order chi connectivity index (χ0) is 21.3. The van der Waals surface area contributed by atoms with Gasteiger partial charge in [0.15, 0.2) is 5.58 Å². The Morgan fingerprint density at radius 3 is 2.57 bits per heavy atom. The Morgan fingerprint density at radius 1 is 1.39 bits per heavy atom. The second-order valence-electron chi connectivity index (χ2n) is 5.27. The molecule has 3 aromatic rings. The maximum absolute atomic E-state index is 14.0. The molecule has 0 aliphatic rings. The molecule has 0 aliphatic carbocycles. The van der Waals surface area contributed by atoms with Crippen molar-refractivity contribution in [3.63, 3.8) is 0 Å². The quantitative estimate of drug-likeness (QED) is 0.624. The fourth-order valence-corrected chi connectivity index (χ4v) is 2.25. The number of carbonyl (C=O) groups is 1. The molecule has 0 saturated heterocycles. The van der Waals surface area contributed by atoms with E-state index in [1.54, 1.807) is 19.9 Å². The highest BCUT2D eigenvalue weighted by Crippen LogP contribution is 2.34. The number of fused-ring (bicyclic) bond motifs is 1. The lowest BCUT2D eigenvalue weighted by atomic mass is 10.2. The number of nitrogens with one attached hydrogen (secondary N) is 1. The maximum atomic E-state index is 14.0. The summed E-state index contributed by atoms with van der Waals surface area (Å²) in [6.07, 6.45) is 2.73. The topological polar surface area (TPSA) is 125 Å². The third-order valence-electron chi connectivity index (χ3n) is 3.33. The molecule has 2 aromatic heterocycles. The molecule has 1 aromatic carbocycles. The van der Waals surface area contributed by atoms with Crippen molar-refractivity contribution in [2.45, 2.75) is 27.7 Å². The van der Waals surface area contributed by atoms with E-state index in [-0.39, 0.29) is 34.9 Å². The number of halogens is 1. The molecule has 8 heteroatoms. The molecule has 0 fully saturated rings. The van der Waals surface area contributed by atoms with Gasteiger partial charge in [0, 0.05) is 19.0 Å². The van der Waals surface area contributed by atoms with Crippen molar-refractivity contribution < 1.29 is 18.7 Å². The van der Waals surface area contributed by atoms with Crippen molar-refractivity contribution in [2.75, 3.05) is 11.9 Å². The van der Waals surface area contributed by atoms with E-state index in [1.807, 2.05) is 19.9 Å². The number of hydrogen-bond donors (Lipinski definition) is 3. The van der Waals surface area contributed by atoms with Gasteiger partial charge in [0.05, 0.1) is 11.1 Å². The average Bonchev–Trinajstić information content (AvgIpc) is 3.05. The number of carbonyl (C=O) groups excluding carboxylic acids is 1. The van der Waals surface area contributed by atoms with Crippen LogP contribution in [0.3, 0.4) is 0 Å². The SMILES string of the molecule is CC.CCO.Cc1ccc(Nc2c(C(N)=O)oc3c(C#N)cncc23)c(F)c1. The largest absolute Gasteiger partial charge is 0.447 e. The van der Waals surface area contributed by atoms with Gasteiger partial charge in [0.1, 0.15) is 23.1 Å². The lowest BCUT2D eigenvalue weighted by Crippen LogP contribution is -2.11. The van der Waals surface area contributed by atoms with Crippen LogP contribution in [0, 0.1) is 24.1 Å². The fraction of sp³-hybridized carbons (Fsp3) is 0.250. The minimum absolute atomic E-state index is 0.155. The Hall–Kier alpha value is -3.44. The third kappa shape index (κ3) is 5.05. The number of furan rings is 1. The first-order valence-corrected chi connectivity index (χ1v) is 8.67. The second-order valence-corrected chi connectivity index (χ2v) is 5.27. The Bertz CT molecular complexity index is 993. The van der Waals surface area contributed by atoms with E-state index in [4.69, 9.17) is 20.5 Å². The standard InChI is InChI=1S/C16H11FN4O2.C2H6O.C2H6/c1-8-2-3-12(11(17)4-8)21-13-10-7-20-6-9(5-18)14(10)23-15(13)16(19)22;1-2-3;1-2/h2-4,6-7,21H,1H3,(H2,19,22);3H,2H2,1H3;1-2H3. The number of nitriles is 1. The van der Waals surface area contributed by atoms with Gasteiger partial charge in [-0.25, -0.2) is 4.39 Å². The highest BCUT2D eigenvalue weighted by atomic mass is 19.1. The zero-order valence-electron chi connectivity index (χ0n) is 16.2. The van der Waals surface area contributed by atoms with E-state index in [0.717, 1.165) is 5.56 Å². The number of rotatable bonds is 3. The molecule has 148 valence electrons. The molecular weight excluding hydrogens is 363 g/mol. The number of benzene rings is 1. The molecule has 0 aliphatic heterocycles. The fourth-order valence-electron chi connectivity index (χ4n) is 2.25. The van der Waals surface area contributed by atoms with E-state index < -0.39 is 11.7 Å². The summed E-state index contributed by atoms with van der Waals surface area (Å²) in [6.45, 7) is 7.69. The van der Waals surface area contributed by atoms with Gasteiger partial charge < -0.3 is 20.6 Å². The normalized spacial score (nSPS) is 9.46. The number of aromatic nitrogens is 1. The number of aliphatic hydroxyl groups is 1. The molecule has 0 saturated carbocycles. The van der Waals surface area contributed by atoms with Gasteiger partial charge in [-0.15, -0.1) is 0 Å². The summed E-state index contributed by atoms with van der Waals surface area (Å²) in [4.78, 5) is 15.5. The Kier molecular flexibility index (Phi) is 8.59. The number of aliphatic hydroxyl groups excluding tert-OH is 1. The van der Waals surface area contributed by atoms with E-state index in [2.05, 4.69) is 10.3 Å². The molecule has 0 atom stereocenters. The summed E-state index contributed by atoms with van der Waals surface area (Å²) >= 11 is 0. The van der Waals surface area contributed by atoms with Gasteiger partial charge in [-0.2, -0.15) is 5.26 Å². The number of primary amides is 1. The number of amides is 1. The average molecular weight is 386 g/mol. The van der Waals surface area contributed by atoms with Crippen molar-refractivity contribution in [3.05, 3.63) is 53.3 Å². The lowest BCUT2D eigenvalue weighted by Gasteiger charge is -2.07. The number of pyridine rings is 1. The lowest BCUT2D eigenvalue weighted by molar-refractivity contribution is 0.0977. The van der Waals surface area contributed by atoms with E-state index in [1.165, 1.54) is 24.5 Å². The monoisotopic (exact) mass is 386 g/mol. The van der Waals surface area contributed by atoms with Crippen LogP contribution in [0.4, 0.5) is 15.8 Å². The van der Waals surface area contributed by atoms with Crippen LogP contribution in [0.1, 0.15) is 42.5 Å². The summed E-state index contributed by atoms with van der Waals surface area (Å²) in [7, 11) is 0. The Morgan fingerprint density at radius 2 is 2.04 bits per heavy atom. The molecule has 0 bridgehead atoms. The van der Waals surface area contributed by atoms with Gasteiger partial charge in [-0.1, -0.05) is 19.9 Å². The van der Waals surface area contributed by atoms with Gasteiger partial charge in [-0.05, 0) is 31.5 Å². The van der Waals surface area contributed by atoms with Gasteiger partial charge >= 0.3 is 0 Å². The van der Waals surface area contributed by atoms with Crippen LogP contribution < -0.4 is 11.1 Å². The predicted molar refractivity (Wildman–Crippen MR) is 106 cm³/mol. The number of nitrogens with two attached hydrogens (primary N) is 1. The number of anilines is 2. The van der Waals surface area contributed by atoms with Gasteiger partial charge in [-0.3, -0.25) is 9.78 Å². The Balaban J connectivity index is 0.000000717. The van der Waals surface area contributed by atoms with Crippen LogP contribution in [0.2, 0.25) is 0 Å². The third-order valence-corrected chi connectivity index (χ3v) is 3.33. The number of hydrogen-bond acceptors (Lipinski definition) is 6. The highest BCUT2D eigenvalue weighted by Gasteiger charge is 2.22. The maximum Gasteiger partial charge on any atom is 0.286 e. The first-order chi connectivity index (χ1) is 13.4. The van der Waals surface area contributed by atoms with Crippen molar-refractivity contribution in [3.8, 4) is 6.07 Å². The summed E-state index contributed by atoms with van der Waals surface area (Å²) < 4.78 is 19.4. The van der Waals surface area contributed by atoms with Crippen molar-refractivity contribution in [1.29, 1.82) is 5.26 Å². The molecule has 2 heterocycles. The van der Waals surface area contributed by atoms with Crippen LogP contribution in [0.25, 0.3) is 11.0 Å². The van der Waals surface area contributed by atoms with Crippen LogP contribution in [0.15, 0.2) is 35.0 Å². The van der Waals surface area contributed by atoms with Crippen LogP contribution in [0.5, 0.6) is 0 Å². The Labute approximate surface area is 162 Å². The van der Waals surface area contributed by atoms with E-state index in [9.17, 15) is 9.18 Å². The first kappa shape index (κ1) is 22.6. The smallest absolute Gasteiger partial charge is 0.286 e. The molecule has 0 unspecified atom stereocenters. The summed E-state index contributed by atoms with van der Waals surface area (Å²) in [6, 6.07) is 6.53. The minimum atomic E-state index is -0.833. The van der Waals surface area contributed by atoms with Crippen molar-refractivity contribution in [1.82, 2.24) is 4.98 Å². The second kappa shape index (κ2) is 10.6. The molecular formula is C20H23FN4O3. The predicted octanol–water partition coefficient (Wildman–Crippen LogP) is 4.01. The molecule has 7 nitrogen and oxygen atoms in total. The zero-order valence-corrected chi connectivity index (χ0v) is 16.2. The highest BCUT2D eigenvalue weighted by molar-refractivity contribution is 6.07. The van der Waals surface area contributed by atoms with Crippen LogP contribution in [-0.2, 0) is 0 Å². The summed E-state index contributed by atoms with van der Waals surface area (Å²) in [5.41, 5.74) is 6.74. The molecule has 28 heavy (non-hydrogen) atoms. The van der Waals surface area contributed by atoms with E-state index in [0.29, 0.717) is 5.39 Å². The molecule has 3 rings (SSSR count). The van der Waals surface area contributed by atoms with Crippen molar-refractivity contribution >= 4 is 28.3 Å². The number of aryl methyl sites for hydroxylation is 1. The van der Waals surface area contributed by atoms with Crippen molar-refractivity contribution in [2.24, 2.45) is 5.73 Å².